The topological polar surface area (TPSA) is 58.6 Å². The van der Waals surface area contributed by atoms with Crippen molar-refractivity contribution in [3.63, 3.8) is 0 Å². The van der Waals surface area contributed by atoms with Crippen LogP contribution in [0.1, 0.15) is 24.5 Å². The van der Waals surface area contributed by atoms with E-state index in [9.17, 15) is 9.59 Å². The number of carbonyl (C=O) groups excluding carboxylic acids is 2. The highest BCUT2D eigenvalue weighted by Gasteiger charge is 2.30. The molecule has 3 aromatic carbocycles. The summed E-state index contributed by atoms with van der Waals surface area (Å²) < 4.78 is 6.85. The van der Waals surface area contributed by atoms with Crippen LogP contribution in [0.3, 0.4) is 0 Å². The molecule has 3 aromatic rings. The van der Waals surface area contributed by atoms with Crippen LogP contribution in [0.25, 0.3) is 0 Å². The van der Waals surface area contributed by atoms with E-state index in [-0.39, 0.29) is 25.0 Å². The summed E-state index contributed by atoms with van der Waals surface area (Å²) in [7, 11) is 0. The Bertz CT molecular complexity index is 1080. The van der Waals surface area contributed by atoms with Gasteiger partial charge in [-0.05, 0) is 76.5 Å². The Hall–Kier alpha value is -2.58. The Morgan fingerprint density at radius 2 is 1.71 bits per heavy atom. The number of nitrogens with zero attached hydrogens (tertiary/aromatic N) is 1. The maximum Gasteiger partial charge on any atom is 0.261 e. The number of amides is 2. The minimum absolute atomic E-state index is 0.173. The van der Waals surface area contributed by atoms with E-state index in [4.69, 9.17) is 16.3 Å². The monoisotopic (exact) mass is 590 g/mol. The first-order chi connectivity index (χ1) is 16.5. The van der Waals surface area contributed by atoms with E-state index in [2.05, 4.69) is 27.9 Å². The number of halogens is 2. The molecule has 0 radical (unpaired) electrons. The van der Waals surface area contributed by atoms with Crippen molar-refractivity contribution in [2.75, 3.05) is 13.2 Å². The lowest BCUT2D eigenvalue weighted by molar-refractivity contribution is -0.142. The molecular weight excluding hydrogens is 563 g/mol. The Kier molecular flexibility index (Phi) is 10.2. The molecule has 0 saturated heterocycles. The molecule has 0 saturated carbocycles. The lowest BCUT2D eigenvalue weighted by Gasteiger charge is -2.31. The van der Waals surface area contributed by atoms with Crippen LogP contribution in [0.4, 0.5) is 0 Å². The summed E-state index contributed by atoms with van der Waals surface area (Å²) >= 11 is 8.41. The number of rotatable bonds is 11. The molecular formula is C27H28ClIN2O3. The van der Waals surface area contributed by atoms with Crippen LogP contribution in [-0.4, -0.2) is 35.9 Å². The second-order valence-corrected chi connectivity index (χ2v) is 9.57. The molecule has 1 unspecified atom stereocenters. The van der Waals surface area contributed by atoms with E-state index < -0.39 is 6.04 Å². The summed E-state index contributed by atoms with van der Waals surface area (Å²) in [5, 5.41) is 3.54. The van der Waals surface area contributed by atoms with E-state index >= 15 is 0 Å². The summed E-state index contributed by atoms with van der Waals surface area (Å²) in [6, 6.07) is 23.8. The molecule has 7 heteroatoms. The average Bonchev–Trinajstić information content (AvgIpc) is 2.85. The van der Waals surface area contributed by atoms with Crippen LogP contribution >= 0.6 is 34.2 Å². The van der Waals surface area contributed by atoms with E-state index in [1.807, 2.05) is 79.7 Å². The van der Waals surface area contributed by atoms with Crippen molar-refractivity contribution in [1.82, 2.24) is 10.2 Å². The van der Waals surface area contributed by atoms with Gasteiger partial charge in [0.05, 0.1) is 0 Å². The molecule has 178 valence electrons. The highest BCUT2D eigenvalue weighted by atomic mass is 127. The molecule has 0 heterocycles. The van der Waals surface area contributed by atoms with Crippen LogP contribution in [0.2, 0.25) is 5.02 Å². The van der Waals surface area contributed by atoms with Crippen molar-refractivity contribution in [2.45, 2.75) is 32.4 Å². The summed E-state index contributed by atoms with van der Waals surface area (Å²) in [5.41, 5.74) is 1.82. The Morgan fingerprint density at radius 1 is 1.00 bits per heavy atom. The third kappa shape index (κ3) is 8.02. The average molecular weight is 591 g/mol. The summed E-state index contributed by atoms with van der Waals surface area (Å²) in [6.45, 7) is 2.61. The molecule has 0 bridgehead atoms. The smallest absolute Gasteiger partial charge is 0.261 e. The fourth-order valence-electron chi connectivity index (χ4n) is 3.51. The lowest BCUT2D eigenvalue weighted by Crippen LogP contribution is -2.51. The normalized spacial score (nSPS) is 11.5. The molecule has 2 amide bonds. The van der Waals surface area contributed by atoms with Gasteiger partial charge in [-0.25, -0.2) is 0 Å². The standard InChI is InChI=1S/C27H28ClIN2O3/c1-2-15-30-27(33)25(17-20-7-4-3-5-8-20)31(18-21-9-6-10-22(28)16-21)26(32)19-34-24-13-11-23(29)12-14-24/h3-14,16,25H,2,15,17-19H2,1H3,(H,30,33). The summed E-state index contributed by atoms with van der Waals surface area (Å²) in [5.74, 6) is 0.146. The molecule has 34 heavy (non-hydrogen) atoms. The highest BCUT2D eigenvalue weighted by Crippen LogP contribution is 2.19. The van der Waals surface area contributed by atoms with E-state index in [0.29, 0.717) is 23.7 Å². The van der Waals surface area contributed by atoms with Gasteiger partial charge in [-0.15, -0.1) is 0 Å². The Morgan fingerprint density at radius 3 is 2.38 bits per heavy atom. The van der Waals surface area contributed by atoms with Gasteiger partial charge in [-0.1, -0.05) is 61.0 Å². The molecule has 5 nitrogen and oxygen atoms in total. The quantitative estimate of drug-likeness (QED) is 0.301. The number of benzene rings is 3. The maximum atomic E-state index is 13.5. The first-order valence-electron chi connectivity index (χ1n) is 11.2. The van der Waals surface area contributed by atoms with Crippen LogP contribution in [0, 0.1) is 3.57 Å². The molecule has 0 fully saturated rings. The summed E-state index contributed by atoms with van der Waals surface area (Å²) in [6.07, 6.45) is 1.20. The van der Waals surface area contributed by atoms with Crippen molar-refractivity contribution in [1.29, 1.82) is 0 Å². The first kappa shape index (κ1) is 26.0. The zero-order chi connectivity index (χ0) is 24.3. The molecule has 0 aliphatic heterocycles. The number of hydrogen-bond donors (Lipinski definition) is 1. The SMILES string of the molecule is CCCNC(=O)C(Cc1ccccc1)N(Cc1cccc(Cl)c1)C(=O)COc1ccc(I)cc1. The Labute approximate surface area is 219 Å². The van der Waals surface area contributed by atoms with Crippen molar-refractivity contribution in [3.8, 4) is 5.75 Å². The third-order valence-corrected chi connectivity index (χ3v) is 6.19. The maximum absolute atomic E-state index is 13.5. The van der Waals surface area contributed by atoms with Crippen molar-refractivity contribution in [2.24, 2.45) is 0 Å². The second-order valence-electron chi connectivity index (χ2n) is 7.89. The molecule has 1 N–H and O–H groups in total. The molecule has 0 aliphatic carbocycles. The fraction of sp³-hybridized carbons (Fsp3) is 0.259. The third-order valence-electron chi connectivity index (χ3n) is 5.24. The predicted molar refractivity (Wildman–Crippen MR) is 144 cm³/mol. The van der Waals surface area contributed by atoms with Gasteiger partial charge in [0.1, 0.15) is 11.8 Å². The number of ether oxygens (including phenoxy) is 1. The van der Waals surface area contributed by atoms with Crippen molar-refractivity contribution in [3.05, 3.63) is 98.6 Å². The highest BCUT2D eigenvalue weighted by molar-refractivity contribution is 14.1. The van der Waals surface area contributed by atoms with E-state index in [1.165, 1.54) is 0 Å². The van der Waals surface area contributed by atoms with Gasteiger partial charge in [0.2, 0.25) is 5.91 Å². The number of carbonyl (C=O) groups is 2. The van der Waals surface area contributed by atoms with Gasteiger partial charge in [0, 0.05) is 28.1 Å². The molecule has 0 aliphatic rings. The number of nitrogens with one attached hydrogen (secondary N) is 1. The van der Waals surface area contributed by atoms with Gasteiger partial charge in [-0.2, -0.15) is 0 Å². The molecule has 3 rings (SSSR count). The lowest BCUT2D eigenvalue weighted by atomic mass is 10.0. The van der Waals surface area contributed by atoms with Crippen LogP contribution in [0.15, 0.2) is 78.9 Å². The number of hydrogen-bond acceptors (Lipinski definition) is 3. The van der Waals surface area contributed by atoms with Gasteiger partial charge in [0.25, 0.3) is 5.91 Å². The van der Waals surface area contributed by atoms with Gasteiger partial charge < -0.3 is 15.0 Å². The minimum atomic E-state index is -0.694. The predicted octanol–water partition coefficient (Wildman–Crippen LogP) is 5.49. The molecule has 0 aromatic heterocycles. The largest absolute Gasteiger partial charge is 0.484 e. The zero-order valence-corrected chi connectivity index (χ0v) is 22.0. The van der Waals surface area contributed by atoms with Crippen LogP contribution in [0.5, 0.6) is 5.75 Å². The molecule has 1 atom stereocenters. The molecule has 0 spiro atoms. The van der Waals surface area contributed by atoms with Crippen molar-refractivity contribution >= 4 is 46.0 Å². The summed E-state index contributed by atoms with van der Waals surface area (Å²) in [4.78, 5) is 28.3. The van der Waals surface area contributed by atoms with Gasteiger partial charge in [-0.3, -0.25) is 9.59 Å². The first-order valence-corrected chi connectivity index (χ1v) is 12.7. The second kappa shape index (κ2) is 13.3. The fourth-order valence-corrected chi connectivity index (χ4v) is 4.08. The zero-order valence-electron chi connectivity index (χ0n) is 19.0. The van der Waals surface area contributed by atoms with Crippen LogP contribution < -0.4 is 10.1 Å². The Balaban J connectivity index is 1.88. The van der Waals surface area contributed by atoms with E-state index in [1.54, 1.807) is 11.0 Å². The van der Waals surface area contributed by atoms with E-state index in [0.717, 1.165) is 21.1 Å². The van der Waals surface area contributed by atoms with Crippen molar-refractivity contribution < 1.29 is 14.3 Å². The van der Waals surface area contributed by atoms with Gasteiger partial charge in [0.15, 0.2) is 6.61 Å². The van der Waals surface area contributed by atoms with Crippen LogP contribution in [-0.2, 0) is 22.6 Å². The minimum Gasteiger partial charge on any atom is -0.484 e. The van der Waals surface area contributed by atoms with Gasteiger partial charge >= 0.3 is 0 Å².